The van der Waals surface area contributed by atoms with Gasteiger partial charge in [-0.3, -0.25) is 0 Å². The van der Waals surface area contributed by atoms with Gasteiger partial charge in [0.1, 0.15) is 0 Å². The lowest BCUT2D eigenvalue weighted by Gasteiger charge is -2.62. The van der Waals surface area contributed by atoms with Crippen molar-refractivity contribution in [2.75, 3.05) is 0 Å². The number of fused-ring (bicyclic) bond motifs is 4. The molecule has 2 heteroatoms. The summed E-state index contributed by atoms with van der Waals surface area (Å²) in [7, 11) is 0. The van der Waals surface area contributed by atoms with Crippen molar-refractivity contribution in [3.63, 3.8) is 0 Å². The van der Waals surface area contributed by atoms with Crippen molar-refractivity contribution in [3.8, 4) is 0 Å². The van der Waals surface area contributed by atoms with Crippen molar-refractivity contribution < 1.29 is 10.2 Å². The molecule has 0 spiro atoms. The third-order valence-electron chi connectivity index (χ3n) is 11.8. The number of allylic oxidation sites excluding steroid dienone is 2. The highest BCUT2D eigenvalue weighted by Gasteiger charge is 2.63. The lowest BCUT2D eigenvalue weighted by atomic mass is 9.43. The molecule has 2 nitrogen and oxygen atoms in total. The minimum Gasteiger partial charge on any atom is -0.393 e. The van der Waals surface area contributed by atoms with Crippen LogP contribution in [-0.4, -0.2) is 22.4 Å². The predicted octanol–water partition coefficient (Wildman–Crippen LogP) is 7.28. The van der Waals surface area contributed by atoms with Gasteiger partial charge < -0.3 is 10.2 Å². The summed E-state index contributed by atoms with van der Waals surface area (Å²) in [5, 5.41) is 20.5. The Hall–Kier alpha value is -0.340. The van der Waals surface area contributed by atoms with Gasteiger partial charge in [0.05, 0.1) is 12.2 Å². The Kier molecular flexibility index (Phi) is 6.04. The van der Waals surface area contributed by atoms with Crippen LogP contribution in [0.1, 0.15) is 119 Å². The van der Waals surface area contributed by atoms with E-state index in [1.54, 1.807) is 0 Å². The van der Waals surface area contributed by atoms with E-state index in [2.05, 4.69) is 41.5 Å². The topological polar surface area (TPSA) is 40.5 Å². The van der Waals surface area contributed by atoms with Crippen LogP contribution >= 0.6 is 0 Å². The molecule has 4 aliphatic carbocycles. The van der Waals surface area contributed by atoms with Crippen LogP contribution in [0.2, 0.25) is 0 Å². The maximum Gasteiger partial charge on any atom is 0.0594 e. The monoisotopic (exact) mass is 430 g/mol. The van der Waals surface area contributed by atoms with Crippen molar-refractivity contribution in [2.45, 2.75) is 131 Å². The van der Waals surface area contributed by atoms with E-state index in [9.17, 15) is 10.2 Å². The lowest BCUT2D eigenvalue weighted by Crippen LogP contribution is -2.55. The molecule has 1 unspecified atom stereocenters. The third-order valence-corrected chi connectivity index (χ3v) is 11.8. The van der Waals surface area contributed by atoms with Gasteiger partial charge in [-0.05, 0) is 104 Å². The van der Waals surface area contributed by atoms with Crippen molar-refractivity contribution in [1.82, 2.24) is 0 Å². The summed E-state index contributed by atoms with van der Waals surface area (Å²) in [6, 6.07) is 0. The van der Waals surface area contributed by atoms with E-state index in [-0.39, 0.29) is 17.6 Å². The van der Waals surface area contributed by atoms with Crippen LogP contribution in [0.25, 0.3) is 0 Å². The van der Waals surface area contributed by atoms with Gasteiger partial charge >= 0.3 is 0 Å². The predicted molar refractivity (Wildman–Crippen MR) is 130 cm³/mol. The molecule has 0 bridgehead atoms. The zero-order chi connectivity index (χ0) is 22.8. The Balaban J connectivity index is 1.63. The van der Waals surface area contributed by atoms with Gasteiger partial charge in [0.15, 0.2) is 0 Å². The number of aliphatic hydroxyl groups is 2. The first-order valence-corrected chi connectivity index (χ1v) is 13.5. The van der Waals surface area contributed by atoms with Crippen LogP contribution in [-0.2, 0) is 0 Å². The molecule has 2 N–H and O–H groups in total. The number of hydrogen-bond acceptors (Lipinski definition) is 2. The molecule has 0 aromatic rings. The molecule has 2 saturated carbocycles. The van der Waals surface area contributed by atoms with Gasteiger partial charge in [-0.25, -0.2) is 0 Å². The normalized spacial score (nSPS) is 46.2. The summed E-state index contributed by atoms with van der Waals surface area (Å²) in [5.41, 5.74) is 4.78. The van der Waals surface area contributed by atoms with Crippen molar-refractivity contribution in [3.05, 3.63) is 11.1 Å². The van der Waals surface area contributed by atoms with Gasteiger partial charge in [0.2, 0.25) is 0 Å². The average molecular weight is 431 g/mol. The van der Waals surface area contributed by atoms with E-state index in [4.69, 9.17) is 0 Å². The molecular formula is C29H50O2. The Morgan fingerprint density at radius 1 is 0.871 bits per heavy atom. The highest BCUT2D eigenvalue weighted by atomic mass is 16.3. The largest absolute Gasteiger partial charge is 0.393 e. The number of hydrogen-bond donors (Lipinski definition) is 2. The Morgan fingerprint density at radius 2 is 1.58 bits per heavy atom. The molecule has 0 aromatic carbocycles. The van der Waals surface area contributed by atoms with Crippen molar-refractivity contribution >= 4 is 0 Å². The van der Waals surface area contributed by atoms with Gasteiger partial charge in [0.25, 0.3) is 0 Å². The standard InChI is InChI=1S/C29H50O2/c1-19(9-8-10-20(2)30)21-13-17-29(7)23-11-12-24-26(3,4)25(31)15-16-27(24,5)22(23)14-18-28(21,29)6/h19-21,24-25,30-31H,8-18H2,1-7H3/t19-,20?,21-,24+,25+,27-,28-,29+/m1/s1. The molecule has 0 saturated heterocycles. The molecule has 2 fully saturated rings. The Morgan fingerprint density at radius 3 is 2.26 bits per heavy atom. The summed E-state index contributed by atoms with van der Waals surface area (Å²) < 4.78 is 0. The molecule has 4 rings (SSSR count). The molecule has 0 amide bonds. The second-order valence-corrected chi connectivity index (χ2v) is 13.5. The minimum absolute atomic E-state index is 0.0315. The van der Waals surface area contributed by atoms with E-state index >= 15 is 0 Å². The van der Waals surface area contributed by atoms with E-state index in [1.165, 1.54) is 51.4 Å². The molecule has 0 aliphatic heterocycles. The maximum atomic E-state index is 10.8. The van der Waals surface area contributed by atoms with Gasteiger partial charge in [-0.15, -0.1) is 0 Å². The van der Waals surface area contributed by atoms with E-state index in [1.807, 2.05) is 18.1 Å². The summed E-state index contributed by atoms with van der Waals surface area (Å²) in [5.74, 6) is 2.19. The fourth-order valence-electron chi connectivity index (χ4n) is 9.57. The smallest absolute Gasteiger partial charge is 0.0594 e. The third kappa shape index (κ3) is 3.40. The molecule has 4 aliphatic rings. The molecule has 0 radical (unpaired) electrons. The minimum atomic E-state index is -0.159. The number of rotatable bonds is 5. The highest BCUT2D eigenvalue weighted by Crippen LogP contribution is 2.72. The fourth-order valence-corrected chi connectivity index (χ4v) is 9.57. The van der Waals surface area contributed by atoms with E-state index in [0.29, 0.717) is 22.2 Å². The Labute approximate surface area is 192 Å². The van der Waals surface area contributed by atoms with Crippen LogP contribution in [0.3, 0.4) is 0 Å². The first-order valence-electron chi connectivity index (χ1n) is 13.5. The molecule has 178 valence electrons. The summed E-state index contributed by atoms with van der Waals surface area (Å²) in [6.45, 7) is 16.9. The van der Waals surface area contributed by atoms with Gasteiger partial charge in [-0.2, -0.15) is 0 Å². The van der Waals surface area contributed by atoms with Crippen LogP contribution in [0, 0.1) is 39.4 Å². The zero-order valence-corrected chi connectivity index (χ0v) is 21.6. The number of aliphatic hydroxyl groups excluding tert-OH is 2. The van der Waals surface area contributed by atoms with Crippen LogP contribution in [0.5, 0.6) is 0 Å². The molecular weight excluding hydrogens is 380 g/mol. The van der Waals surface area contributed by atoms with Crippen molar-refractivity contribution in [2.24, 2.45) is 39.4 Å². The molecule has 0 aromatic heterocycles. The first-order chi connectivity index (χ1) is 14.4. The fraction of sp³-hybridized carbons (Fsp3) is 0.931. The summed E-state index contributed by atoms with van der Waals surface area (Å²) in [6.07, 6.45) is 13.1. The SMILES string of the molecule is CC(O)CCC[C@@H](C)[C@H]1CC[C@@]2(C)C3=C(CC[C@]12C)[C@@]1(C)CC[C@H](O)C(C)(C)[C@@H]1CC3. The molecule has 8 atom stereocenters. The first kappa shape index (κ1) is 23.8. The second kappa shape index (κ2) is 7.86. The zero-order valence-electron chi connectivity index (χ0n) is 21.6. The highest BCUT2D eigenvalue weighted by molar-refractivity contribution is 5.38. The van der Waals surface area contributed by atoms with E-state index < -0.39 is 0 Å². The van der Waals surface area contributed by atoms with Crippen LogP contribution < -0.4 is 0 Å². The summed E-state index contributed by atoms with van der Waals surface area (Å²) >= 11 is 0. The lowest BCUT2D eigenvalue weighted by molar-refractivity contribution is -0.0962. The maximum absolute atomic E-state index is 10.8. The quantitative estimate of drug-likeness (QED) is 0.450. The van der Waals surface area contributed by atoms with Gasteiger partial charge in [0, 0.05) is 0 Å². The van der Waals surface area contributed by atoms with Crippen LogP contribution in [0.4, 0.5) is 0 Å². The Bertz CT molecular complexity index is 720. The van der Waals surface area contributed by atoms with Crippen molar-refractivity contribution in [1.29, 1.82) is 0 Å². The van der Waals surface area contributed by atoms with Gasteiger partial charge in [-0.1, -0.05) is 65.5 Å². The molecule has 31 heavy (non-hydrogen) atoms. The summed E-state index contributed by atoms with van der Waals surface area (Å²) in [4.78, 5) is 0. The molecule has 0 heterocycles. The average Bonchev–Trinajstić information content (AvgIpc) is 2.96. The van der Waals surface area contributed by atoms with Crippen LogP contribution in [0.15, 0.2) is 11.1 Å². The second-order valence-electron chi connectivity index (χ2n) is 13.5. The van der Waals surface area contributed by atoms with E-state index in [0.717, 1.165) is 31.1 Å².